The Kier molecular flexibility index (Phi) is 3.95. The number of nitrogens with one attached hydrogen (secondary N) is 1. The van der Waals surface area contributed by atoms with E-state index in [9.17, 15) is 0 Å². The summed E-state index contributed by atoms with van der Waals surface area (Å²) in [5.41, 5.74) is 1.21. The quantitative estimate of drug-likeness (QED) is 0.874. The van der Waals surface area contributed by atoms with Crippen molar-refractivity contribution < 1.29 is 0 Å². The van der Waals surface area contributed by atoms with Crippen molar-refractivity contribution in [2.24, 2.45) is 0 Å². The first-order chi connectivity index (χ1) is 7.66. The Morgan fingerprint density at radius 1 is 1.50 bits per heavy atom. The normalized spacial score (nSPS) is 21.6. The van der Waals surface area contributed by atoms with Gasteiger partial charge in [0.1, 0.15) is 0 Å². The molecule has 1 N–H and O–H groups in total. The standard InChI is InChI=1S/C12H21N3S/c1-9-12(16-10(2)14-9)8-15(3)11-5-4-6-13-7-11/h11,13H,4-8H2,1-3H3. The molecule has 1 saturated heterocycles. The predicted octanol–water partition coefficient (Wildman–Crippen LogP) is 1.94. The molecule has 3 nitrogen and oxygen atoms in total. The summed E-state index contributed by atoms with van der Waals surface area (Å²) in [6, 6.07) is 0.690. The highest BCUT2D eigenvalue weighted by Crippen LogP contribution is 2.20. The molecule has 0 bridgehead atoms. The Hall–Kier alpha value is -0.450. The zero-order valence-electron chi connectivity index (χ0n) is 10.4. The zero-order chi connectivity index (χ0) is 11.5. The van der Waals surface area contributed by atoms with Gasteiger partial charge >= 0.3 is 0 Å². The first-order valence-electron chi connectivity index (χ1n) is 6.00. The van der Waals surface area contributed by atoms with Crippen molar-refractivity contribution in [3.63, 3.8) is 0 Å². The van der Waals surface area contributed by atoms with Gasteiger partial charge in [-0.25, -0.2) is 4.98 Å². The molecule has 1 atom stereocenters. The number of likely N-dealkylation sites (N-methyl/N-ethyl adjacent to an activating group) is 1. The van der Waals surface area contributed by atoms with Gasteiger partial charge in [0.25, 0.3) is 0 Å². The molecule has 16 heavy (non-hydrogen) atoms. The molecule has 0 radical (unpaired) electrons. The lowest BCUT2D eigenvalue weighted by Gasteiger charge is -2.31. The van der Waals surface area contributed by atoms with E-state index in [0.717, 1.165) is 13.1 Å². The third kappa shape index (κ3) is 2.81. The Labute approximate surface area is 102 Å². The first-order valence-corrected chi connectivity index (χ1v) is 6.82. The molecule has 1 aliphatic rings. The predicted molar refractivity (Wildman–Crippen MR) is 68.9 cm³/mol. The van der Waals surface area contributed by atoms with Gasteiger partial charge in [0.2, 0.25) is 0 Å². The maximum Gasteiger partial charge on any atom is 0.0900 e. The summed E-state index contributed by atoms with van der Waals surface area (Å²) in [6.45, 7) is 7.56. The van der Waals surface area contributed by atoms with Gasteiger partial charge in [-0.15, -0.1) is 11.3 Å². The second-order valence-electron chi connectivity index (χ2n) is 4.66. The average molecular weight is 239 g/mol. The molecule has 1 aromatic heterocycles. The van der Waals surface area contributed by atoms with E-state index >= 15 is 0 Å². The van der Waals surface area contributed by atoms with E-state index in [-0.39, 0.29) is 0 Å². The van der Waals surface area contributed by atoms with Crippen molar-refractivity contribution in [1.82, 2.24) is 15.2 Å². The van der Waals surface area contributed by atoms with Gasteiger partial charge < -0.3 is 5.32 Å². The van der Waals surface area contributed by atoms with Crippen LogP contribution in [-0.4, -0.2) is 36.1 Å². The number of aromatic nitrogens is 1. The van der Waals surface area contributed by atoms with Crippen molar-refractivity contribution in [3.8, 4) is 0 Å². The van der Waals surface area contributed by atoms with E-state index in [0.29, 0.717) is 6.04 Å². The van der Waals surface area contributed by atoms with Gasteiger partial charge in [-0.3, -0.25) is 4.90 Å². The van der Waals surface area contributed by atoms with Crippen molar-refractivity contribution in [1.29, 1.82) is 0 Å². The molecule has 1 fully saturated rings. The molecule has 0 aliphatic carbocycles. The van der Waals surface area contributed by atoms with Gasteiger partial charge in [0.05, 0.1) is 10.7 Å². The van der Waals surface area contributed by atoms with Crippen LogP contribution in [0.4, 0.5) is 0 Å². The minimum Gasteiger partial charge on any atom is -0.315 e. The van der Waals surface area contributed by atoms with Gasteiger partial charge in [0, 0.05) is 24.0 Å². The molecule has 1 aliphatic heterocycles. The largest absolute Gasteiger partial charge is 0.315 e. The molecule has 2 heterocycles. The molecule has 0 saturated carbocycles. The summed E-state index contributed by atoms with van der Waals surface area (Å²) in [5, 5.41) is 4.65. The van der Waals surface area contributed by atoms with E-state index in [1.807, 2.05) is 11.3 Å². The molecular weight excluding hydrogens is 218 g/mol. The van der Waals surface area contributed by atoms with Crippen LogP contribution in [0, 0.1) is 13.8 Å². The fraction of sp³-hybridized carbons (Fsp3) is 0.750. The van der Waals surface area contributed by atoms with E-state index < -0.39 is 0 Å². The van der Waals surface area contributed by atoms with Gasteiger partial charge in [-0.1, -0.05) is 0 Å². The minimum atomic E-state index is 0.690. The van der Waals surface area contributed by atoms with E-state index in [1.165, 1.54) is 35.0 Å². The van der Waals surface area contributed by atoms with Crippen LogP contribution in [0.5, 0.6) is 0 Å². The third-order valence-electron chi connectivity index (χ3n) is 3.29. The highest BCUT2D eigenvalue weighted by molar-refractivity contribution is 7.11. The molecule has 4 heteroatoms. The molecule has 2 rings (SSSR count). The number of piperidine rings is 1. The van der Waals surface area contributed by atoms with Gasteiger partial charge in [-0.2, -0.15) is 0 Å². The Bertz CT molecular complexity index is 342. The van der Waals surface area contributed by atoms with Crippen LogP contribution in [0.2, 0.25) is 0 Å². The lowest BCUT2D eigenvalue weighted by Crippen LogP contribution is -2.43. The summed E-state index contributed by atoms with van der Waals surface area (Å²) in [6.07, 6.45) is 2.62. The van der Waals surface area contributed by atoms with Crippen molar-refractivity contribution in [2.75, 3.05) is 20.1 Å². The second kappa shape index (κ2) is 5.25. The lowest BCUT2D eigenvalue weighted by molar-refractivity contribution is 0.197. The molecule has 1 unspecified atom stereocenters. The Balaban J connectivity index is 1.95. The summed E-state index contributed by atoms with van der Waals surface area (Å²) < 4.78 is 0. The Morgan fingerprint density at radius 2 is 2.31 bits per heavy atom. The van der Waals surface area contributed by atoms with Crippen molar-refractivity contribution in [2.45, 2.75) is 39.3 Å². The van der Waals surface area contributed by atoms with Crippen LogP contribution in [0.1, 0.15) is 28.4 Å². The fourth-order valence-corrected chi connectivity index (χ4v) is 3.29. The van der Waals surface area contributed by atoms with Gasteiger partial charge in [-0.05, 0) is 40.3 Å². The van der Waals surface area contributed by atoms with Crippen LogP contribution in [0.25, 0.3) is 0 Å². The summed E-state index contributed by atoms with van der Waals surface area (Å²) in [7, 11) is 2.23. The summed E-state index contributed by atoms with van der Waals surface area (Å²) >= 11 is 1.83. The van der Waals surface area contributed by atoms with Crippen molar-refractivity contribution in [3.05, 3.63) is 15.6 Å². The fourth-order valence-electron chi connectivity index (χ4n) is 2.29. The second-order valence-corrected chi connectivity index (χ2v) is 5.94. The van der Waals surface area contributed by atoms with Crippen molar-refractivity contribution >= 4 is 11.3 Å². The topological polar surface area (TPSA) is 28.2 Å². The van der Waals surface area contributed by atoms with Gasteiger partial charge in [0.15, 0.2) is 0 Å². The number of hydrogen-bond acceptors (Lipinski definition) is 4. The molecule has 1 aromatic rings. The monoisotopic (exact) mass is 239 g/mol. The maximum absolute atomic E-state index is 4.49. The van der Waals surface area contributed by atoms with E-state index in [1.54, 1.807) is 0 Å². The highest BCUT2D eigenvalue weighted by Gasteiger charge is 2.19. The third-order valence-corrected chi connectivity index (χ3v) is 4.34. The molecule has 0 amide bonds. The van der Waals surface area contributed by atoms with Crippen LogP contribution >= 0.6 is 11.3 Å². The van der Waals surface area contributed by atoms with E-state index in [4.69, 9.17) is 0 Å². The molecule has 0 aromatic carbocycles. The summed E-state index contributed by atoms with van der Waals surface area (Å²) in [5.74, 6) is 0. The number of aryl methyl sites for hydroxylation is 2. The number of thiazole rings is 1. The van der Waals surface area contributed by atoms with Crippen LogP contribution in [0.3, 0.4) is 0 Å². The highest BCUT2D eigenvalue weighted by atomic mass is 32.1. The average Bonchev–Trinajstić information content (AvgIpc) is 2.59. The molecule has 90 valence electrons. The first kappa shape index (κ1) is 12.0. The molecule has 0 spiro atoms. The maximum atomic E-state index is 4.49. The SMILES string of the molecule is Cc1nc(C)c(CN(C)C2CCCNC2)s1. The van der Waals surface area contributed by atoms with Crippen LogP contribution in [0.15, 0.2) is 0 Å². The number of nitrogens with zero attached hydrogens (tertiary/aromatic N) is 2. The number of rotatable bonds is 3. The smallest absolute Gasteiger partial charge is 0.0900 e. The summed E-state index contributed by atoms with van der Waals surface area (Å²) in [4.78, 5) is 8.37. The zero-order valence-corrected chi connectivity index (χ0v) is 11.2. The van der Waals surface area contributed by atoms with Crippen LogP contribution < -0.4 is 5.32 Å². The Morgan fingerprint density at radius 3 is 2.88 bits per heavy atom. The molecular formula is C12H21N3S. The van der Waals surface area contributed by atoms with Crippen LogP contribution in [-0.2, 0) is 6.54 Å². The minimum absolute atomic E-state index is 0.690. The number of hydrogen-bond donors (Lipinski definition) is 1. The lowest BCUT2D eigenvalue weighted by atomic mass is 10.1. The van der Waals surface area contributed by atoms with E-state index in [2.05, 4.69) is 36.1 Å².